The second kappa shape index (κ2) is 5.67. The Balaban J connectivity index is 1.73. The van der Waals surface area contributed by atoms with Gasteiger partial charge in [-0.2, -0.15) is 0 Å². The van der Waals surface area contributed by atoms with E-state index in [1.165, 1.54) is 5.56 Å². The number of alkyl halides is 1. The molecule has 1 aromatic carbocycles. The van der Waals surface area contributed by atoms with Gasteiger partial charge in [0.1, 0.15) is 0 Å². The zero-order chi connectivity index (χ0) is 11.4. The van der Waals surface area contributed by atoms with Crippen LogP contribution in [0.5, 0.6) is 0 Å². The summed E-state index contributed by atoms with van der Waals surface area (Å²) in [6.07, 6.45) is 1.41. The van der Waals surface area contributed by atoms with Gasteiger partial charge in [0.15, 0.2) is 0 Å². The van der Waals surface area contributed by atoms with Gasteiger partial charge in [-0.05, 0) is 18.4 Å². The highest BCUT2D eigenvalue weighted by atomic mass is 35.5. The molecule has 3 heteroatoms. The Bertz CT molecular complexity index is 315. The van der Waals surface area contributed by atoms with E-state index in [4.69, 9.17) is 16.3 Å². The molecule has 16 heavy (non-hydrogen) atoms. The second-order valence-electron chi connectivity index (χ2n) is 4.35. The molecule has 0 amide bonds. The third-order valence-corrected chi connectivity index (χ3v) is 3.74. The predicted octanol–water partition coefficient (Wildman–Crippen LogP) is 2.58. The number of rotatable bonds is 4. The first-order valence-corrected chi connectivity index (χ1v) is 6.15. The molecule has 0 heterocycles. The molecule has 0 aliphatic heterocycles. The van der Waals surface area contributed by atoms with Gasteiger partial charge in [-0.25, -0.2) is 0 Å². The largest absolute Gasteiger partial charge is 0.392 e. The quantitative estimate of drug-likeness (QED) is 0.820. The molecule has 2 rings (SSSR count). The fraction of sp³-hybridized carbons (Fsp3) is 0.538. The summed E-state index contributed by atoms with van der Waals surface area (Å²) in [5.41, 5.74) is 1.17. The van der Waals surface area contributed by atoms with Crippen molar-refractivity contribution in [3.63, 3.8) is 0 Å². The van der Waals surface area contributed by atoms with Gasteiger partial charge in [-0.3, -0.25) is 0 Å². The van der Waals surface area contributed by atoms with Crippen molar-refractivity contribution < 1.29 is 9.84 Å². The zero-order valence-electron chi connectivity index (χ0n) is 9.18. The molecule has 88 valence electrons. The van der Waals surface area contributed by atoms with Crippen molar-refractivity contribution >= 4 is 11.6 Å². The van der Waals surface area contributed by atoms with Gasteiger partial charge in [0.05, 0.1) is 24.7 Å². The fourth-order valence-corrected chi connectivity index (χ4v) is 2.42. The van der Waals surface area contributed by atoms with Crippen molar-refractivity contribution in [1.82, 2.24) is 0 Å². The highest BCUT2D eigenvalue weighted by Crippen LogP contribution is 2.30. The van der Waals surface area contributed by atoms with Crippen molar-refractivity contribution in [2.45, 2.75) is 30.9 Å². The van der Waals surface area contributed by atoms with Crippen LogP contribution in [-0.2, 0) is 11.3 Å². The lowest BCUT2D eigenvalue weighted by atomic mass is 10.1. The highest BCUT2D eigenvalue weighted by Gasteiger charge is 2.33. The maximum atomic E-state index is 9.50. The molecule has 0 aromatic heterocycles. The second-order valence-corrected chi connectivity index (χ2v) is 4.85. The first kappa shape index (κ1) is 11.9. The average Bonchev–Trinajstić information content (AvgIpc) is 2.62. The van der Waals surface area contributed by atoms with Crippen LogP contribution in [0.3, 0.4) is 0 Å². The molecule has 0 spiro atoms. The number of benzene rings is 1. The molecule has 1 saturated carbocycles. The summed E-state index contributed by atoms with van der Waals surface area (Å²) in [6.45, 7) is 1.26. The van der Waals surface area contributed by atoms with Crippen LogP contribution < -0.4 is 0 Å². The smallest absolute Gasteiger partial charge is 0.0717 e. The molecule has 2 nitrogen and oxygen atoms in total. The molecule has 0 unspecified atom stereocenters. The molecular weight excluding hydrogens is 224 g/mol. The van der Waals surface area contributed by atoms with Crippen LogP contribution in [-0.4, -0.2) is 23.2 Å². The van der Waals surface area contributed by atoms with E-state index < -0.39 is 0 Å². The zero-order valence-corrected chi connectivity index (χ0v) is 9.94. The van der Waals surface area contributed by atoms with Crippen LogP contribution in [0.4, 0.5) is 0 Å². The summed E-state index contributed by atoms with van der Waals surface area (Å²) in [6, 6.07) is 10.1. The standard InChI is InChI=1S/C13H17ClO2/c14-13-11(6-7-12(13)15)9-16-8-10-4-2-1-3-5-10/h1-5,11-13,15H,6-9H2/t11-,12-,13-/m0/s1. The Hall–Kier alpha value is -0.570. The Morgan fingerprint density at radius 3 is 2.62 bits per heavy atom. The van der Waals surface area contributed by atoms with Crippen molar-refractivity contribution in [1.29, 1.82) is 0 Å². The van der Waals surface area contributed by atoms with E-state index in [9.17, 15) is 5.11 Å². The van der Waals surface area contributed by atoms with Crippen LogP contribution in [0.25, 0.3) is 0 Å². The molecule has 0 saturated heterocycles. The predicted molar refractivity (Wildman–Crippen MR) is 64.5 cm³/mol. The number of aliphatic hydroxyl groups excluding tert-OH is 1. The van der Waals surface area contributed by atoms with Gasteiger partial charge < -0.3 is 9.84 Å². The molecule has 0 bridgehead atoms. The maximum absolute atomic E-state index is 9.50. The highest BCUT2D eigenvalue weighted by molar-refractivity contribution is 6.21. The van der Waals surface area contributed by atoms with Gasteiger partial charge >= 0.3 is 0 Å². The fourth-order valence-electron chi connectivity index (χ4n) is 2.10. The van der Waals surface area contributed by atoms with E-state index in [1.807, 2.05) is 30.3 Å². The van der Waals surface area contributed by atoms with Gasteiger partial charge in [0.2, 0.25) is 0 Å². The van der Waals surface area contributed by atoms with Crippen molar-refractivity contribution in [3.8, 4) is 0 Å². The molecule has 0 radical (unpaired) electrons. The van der Waals surface area contributed by atoms with E-state index in [0.29, 0.717) is 19.1 Å². The number of hydrogen-bond acceptors (Lipinski definition) is 2. The Morgan fingerprint density at radius 2 is 2.00 bits per heavy atom. The first-order chi connectivity index (χ1) is 7.77. The third-order valence-electron chi connectivity index (χ3n) is 3.09. The molecule has 1 aliphatic carbocycles. The lowest BCUT2D eigenvalue weighted by molar-refractivity contribution is 0.0839. The van der Waals surface area contributed by atoms with Crippen LogP contribution in [0, 0.1) is 5.92 Å². The van der Waals surface area contributed by atoms with E-state index in [1.54, 1.807) is 0 Å². The minimum Gasteiger partial charge on any atom is -0.392 e. The van der Waals surface area contributed by atoms with Gasteiger partial charge in [0.25, 0.3) is 0 Å². The molecule has 1 aromatic rings. The Morgan fingerprint density at radius 1 is 1.25 bits per heavy atom. The molecule has 1 N–H and O–H groups in total. The van der Waals surface area contributed by atoms with Gasteiger partial charge in [-0.15, -0.1) is 11.6 Å². The van der Waals surface area contributed by atoms with E-state index in [0.717, 1.165) is 12.8 Å². The summed E-state index contributed by atoms with van der Waals surface area (Å²) in [5, 5.41) is 9.35. The summed E-state index contributed by atoms with van der Waals surface area (Å²) < 4.78 is 5.63. The SMILES string of the molecule is O[C@H]1CC[C@@H](COCc2ccccc2)[C@@H]1Cl. The van der Waals surface area contributed by atoms with Crippen LogP contribution >= 0.6 is 11.6 Å². The van der Waals surface area contributed by atoms with E-state index in [-0.39, 0.29) is 11.5 Å². The monoisotopic (exact) mass is 240 g/mol. The molecule has 1 fully saturated rings. The summed E-state index contributed by atoms with van der Waals surface area (Å²) >= 11 is 6.08. The maximum Gasteiger partial charge on any atom is 0.0717 e. The summed E-state index contributed by atoms with van der Waals surface area (Å²) in [5.74, 6) is 0.292. The van der Waals surface area contributed by atoms with Crippen LogP contribution in [0.2, 0.25) is 0 Å². The molecular formula is C13H17ClO2. The topological polar surface area (TPSA) is 29.5 Å². The van der Waals surface area contributed by atoms with Gasteiger partial charge in [0, 0.05) is 5.92 Å². The first-order valence-electron chi connectivity index (χ1n) is 5.71. The normalized spacial score (nSPS) is 29.5. The third kappa shape index (κ3) is 2.97. The van der Waals surface area contributed by atoms with Gasteiger partial charge in [-0.1, -0.05) is 30.3 Å². The van der Waals surface area contributed by atoms with Crippen LogP contribution in [0.1, 0.15) is 18.4 Å². The molecule has 1 aliphatic rings. The van der Waals surface area contributed by atoms with Crippen molar-refractivity contribution in [2.24, 2.45) is 5.92 Å². The number of aliphatic hydroxyl groups is 1. The van der Waals surface area contributed by atoms with E-state index in [2.05, 4.69) is 0 Å². The number of ether oxygens (including phenoxy) is 1. The summed E-state index contributed by atoms with van der Waals surface area (Å²) in [4.78, 5) is 0. The van der Waals surface area contributed by atoms with Crippen molar-refractivity contribution in [2.75, 3.05) is 6.61 Å². The minimum absolute atomic E-state index is 0.143. The summed E-state index contributed by atoms with van der Waals surface area (Å²) in [7, 11) is 0. The number of halogens is 1. The Kier molecular flexibility index (Phi) is 4.22. The van der Waals surface area contributed by atoms with E-state index >= 15 is 0 Å². The number of hydrogen-bond donors (Lipinski definition) is 1. The molecule has 3 atom stereocenters. The average molecular weight is 241 g/mol. The lowest BCUT2D eigenvalue weighted by Gasteiger charge is -2.15. The van der Waals surface area contributed by atoms with Crippen molar-refractivity contribution in [3.05, 3.63) is 35.9 Å². The Labute approximate surface area is 101 Å². The van der Waals surface area contributed by atoms with Crippen LogP contribution in [0.15, 0.2) is 30.3 Å². The lowest BCUT2D eigenvalue weighted by Crippen LogP contribution is -2.22. The minimum atomic E-state index is -0.355.